The summed E-state index contributed by atoms with van der Waals surface area (Å²) in [6.45, 7) is 0. The second kappa shape index (κ2) is 4.41. The van der Waals surface area contributed by atoms with Crippen LogP contribution >= 0.6 is 15.9 Å². The Morgan fingerprint density at radius 1 is 1.57 bits per heavy atom. The van der Waals surface area contributed by atoms with E-state index in [9.17, 15) is 9.18 Å². The topological polar surface area (TPSA) is 38.3 Å². The predicted octanol–water partition coefficient (Wildman–Crippen LogP) is 1.96. The zero-order valence-corrected chi connectivity index (χ0v) is 9.31. The van der Waals surface area contributed by atoms with Crippen LogP contribution in [-0.4, -0.2) is 20.1 Å². The monoisotopic (exact) mass is 261 g/mol. The Hall–Kier alpha value is -1.10. The minimum atomic E-state index is -0.657. The van der Waals surface area contributed by atoms with Gasteiger partial charge in [-0.25, -0.2) is 4.39 Å². The van der Waals surface area contributed by atoms with E-state index in [1.165, 1.54) is 26.3 Å². The van der Waals surface area contributed by atoms with Crippen LogP contribution in [0.15, 0.2) is 16.6 Å². The first kappa shape index (κ1) is 11.0. The summed E-state index contributed by atoms with van der Waals surface area (Å²) in [6, 6.07) is 2.86. The molecule has 0 aliphatic heterocycles. The van der Waals surface area contributed by atoms with Gasteiger partial charge in [0.2, 0.25) is 0 Å². The standard InChI is InChI=1S/C9H9BrFNO2/c1-12-9(13)6-3-5(10)4-7(14-2)8(6)11/h3-4H,1-2H3,(H,12,13). The summed E-state index contributed by atoms with van der Waals surface area (Å²) in [5.41, 5.74) is -0.0428. The maximum Gasteiger partial charge on any atom is 0.254 e. The Labute approximate surface area is 89.4 Å². The third kappa shape index (κ3) is 2.04. The van der Waals surface area contributed by atoms with Crippen molar-refractivity contribution in [2.45, 2.75) is 0 Å². The van der Waals surface area contributed by atoms with Crippen molar-refractivity contribution >= 4 is 21.8 Å². The highest BCUT2D eigenvalue weighted by atomic mass is 79.9. The Morgan fingerprint density at radius 3 is 2.71 bits per heavy atom. The molecule has 0 heterocycles. The van der Waals surface area contributed by atoms with Crippen LogP contribution < -0.4 is 10.1 Å². The minimum absolute atomic E-state index is 0.0398. The fourth-order valence-corrected chi connectivity index (χ4v) is 1.45. The summed E-state index contributed by atoms with van der Waals surface area (Å²) in [4.78, 5) is 11.2. The molecule has 0 saturated heterocycles. The van der Waals surface area contributed by atoms with Crippen molar-refractivity contribution in [1.29, 1.82) is 0 Å². The van der Waals surface area contributed by atoms with Crippen molar-refractivity contribution < 1.29 is 13.9 Å². The minimum Gasteiger partial charge on any atom is -0.494 e. The third-order valence-corrected chi connectivity index (χ3v) is 2.15. The number of amides is 1. The average molecular weight is 262 g/mol. The number of hydrogen-bond acceptors (Lipinski definition) is 2. The molecule has 0 saturated carbocycles. The van der Waals surface area contributed by atoms with Gasteiger partial charge in [0.1, 0.15) is 0 Å². The molecule has 0 atom stereocenters. The molecule has 1 aromatic carbocycles. The lowest BCUT2D eigenvalue weighted by molar-refractivity contribution is 0.0958. The molecule has 1 amide bonds. The zero-order chi connectivity index (χ0) is 10.7. The fraction of sp³-hybridized carbons (Fsp3) is 0.222. The van der Waals surface area contributed by atoms with E-state index in [1.807, 2.05) is 0 Å². The van der Waals surface area contributed by atoms with E-state index in [1.54, 1.807) is 0 Å². The first-order valence-corrected chi connectivity index (χ1v) is 4.64. The molecule has 1 N–H and O–H groups in total. The van der Waals surface area contributed by atoms with Crippen LogP contribution in [0.4, 0.5) is 4.39 Å². The van der Waals surface area contributed by atoms with Gasteiger partial charge < -0.3 is 10.1 Å². The average Bonchev–Trinajstić information content (AvgIpc) is 2.19. The lowest BCUT2D eigenvalue weighted by Gasteiger charge is -2.07. The molecular formula is C9H9BrFNO2. The van der Waals surface area contributed by atoms with E-state index in [-0.39, 0.29) is 11.3 Å². The lowest BCUT2D eigenvalue weighted by atomic mass is 10.2. The van der Waals surface area contributed by atoms with E-state index in [0.717, 1.165) is 0 Å². The van der Waals surface area contributed by atoms with Crippen molar-refractivity contribution in [2.24, 2.45) is 0 Å². The van der Waals surface area contributed by atoms with Gasteiger partial charge in [-0.1, -0.05) is 15.9 Å². The SMILES string of the molecule is CNC(=O)c1cc(Br)cc(OC)c1F. The van der Waals surface area contributed by atoms with Crippen LogP contribution in [0.5, 0.6) is 5.75 Å². The van der Waals surface area contributed by atoms with Gasteiger partial charge >= 0.3 is 0 Å². The molecule has 1 rings (SSSR count). The van der Waals surface area contributed by atoms with Crippen LogP contribution in [-0.2, 0) is 0 Å². The predicted molar refractivity (Wildman–Crippen MR) is 54.0 cm³/mol. The number of halogens is 2. The second-order valence-electron chi connectivity index (χ2n) is 2.55. The molecule has 0 aliphatic carbocycles. The maximum atomic E-state index is 13.5. The molecule has 0 aromatic heterocycles. The van der Waals surface area contributed by atoms with E-state index in [2.05, 4.69) is 21.2 Å². The number of rotatable bonds is 2. The zero-order valence-electron chi connectivity index (χ0n) is 7.73. The largest absolute Gasteiger partial charge is 0.494 e. The lowest BCUT2D eigenvalue weighted by Crippen LogP contribution is -2.19. The van der Waals surface area contributed by atoms with E-state index < -0.39 is 11.7 Å². The van der Waals surface area contributed by atoms with Crippen molar-refractivity contribution in [1.82, 2.24) is 5.32 Å². The van der Waals surface area contributed by atoms with Gasteiger partial charge in [0.25, 0.3) is 5.91 Å². The van der Waals surface area contributed by atoms with E-state index >= 15 is 0 Å². The molecular weight excluding hydrogens is 253 g/mol. The van der Waals surface area contributed by atoms with Gasteiger partial charge in [-0.2, -0.15) is 0 Å². The van der Waals surface area contributed by atoms with Crippen molar-refractivity contribution in [3.8, 4) is 5.75 Å². The molecule has 0 spiro atoms. The molecule has 14 heavy (non-hydrogen) atoms. The summed E-state index contributed by atoms with van der Waals surface area (Å²) in [7, 11) is 2.79. The van der Waals surface area contributed by atoms with Crippen molar-refractivity contribution in [3.63, 3.8) is 0 Å². The number of benzene rings is 1. The molecule has 0 aliphatic rings. The summed E-state index contributed by atoms with van der Waals surface area (Å²) >= 11 is 3.16. The highest BCUT2D eigenvalue weighted by molar-refractivity contribution is 9.10. The van der Waals surface area contributed by atoms with E-state index in [4.69, 9.17) is 4.74 Å². The molecule has 0 unspecified atom stereocenters. The van der Waals surface area contributed by atoms with Crippen molar-refractivity contribution in [2.75, 3.05) is 14.2 Å². The van der Waals surface area contributed by atoms with Crippen LogP contribution in [0.25, 0.3) is 0 Å². The summed E-state index contributed by atoms with van der Waals surface area (Å²) in [6.07, 6.45) is 0. The van der Waals surface area contributed by atoms with Gasteiger partial charge in [0.15, 0.2) is 11.6 Å². The quantitative estimate of drug-likeness (QED) is 0.884. The summed E-state index contributed by atoms with van der Waals surface area (Å²) < 4.78 is 18.9. The van der Waals surface area contributed by atoms with Gasteiger partial charge in [-0.15, -0.1) is 0 Å². The normalized spacial score (nSPS) is 9.71. The van der Waals surface area contributed by atoms with Gasteiger partial charge in [0, 0.05) is 11.5 Å². The first-order valence-electron chi connectivity index (χ1n) is 3.85. The maximum absolute atomic E-state index is 13.5. The van der Waals surface area contributed by atoms with Crippen LogP contribution in [0.2, 0.25) is 0 Å². The molecule has 0 bridgehead atoms. The Morgan fingerprint density at radius 2 is 2.21 bits per heavy atom. The molecule has 0 fully saturated rings. The van der Waals surface area contributed by atoms with Crippen LogP contribution in [0, 0.1) is 5.82 Å². The van der Waals surface area contributed by atoms with Gasteiger partial charge in [-0.05, 0) is 12.1 Å². The Kier molecular flexibility index (Phi) is 3.46. The third-order valence-electron chi connectivity index (χ3n) is 1.70. The summed E-state index contributed by atoms with van der Waals surface area (Å²) in [5, 5.41) is 2.35. The number of ether oxygens (including phenoxy) is 1. The smallest absolute Gasteiger partial charge is 0.254 e. The fourth-order valence-electron chi connectivity index (χ4n) is 1.01. The molecule has 3 nitrogen and oxygen atoms in total. The van der Waals surface area contributed by atoms with Crippen LogP contribution in [0.3, 0.4) is 0 Å². The number of methoxy groups -OCH3 is 1. The number of hydrogen-bond donors (Lipinski definition) is 1. The molecule has 0 radical (unpaired) electrons. The van der Waals surface area contributed by atoms with Crippen LogP contribution in [0.1, 0.15) is 10.4 Å². The number of nitrogens with one attached hydrogen (secondary N) is 1. The van der Waals surface area contributed by atoms with Gasteiger partial charge in [0.05, 0.1) is 12.7 Å². The first-order chi connectivity index (χ1) is 6.60. The highest BCUT2D eigenvalue weighted by Gasteiger charge is 2.15. The number of carbonyl (C=O) groups is 1. The Bertz CT molecular complexity index is 368. The molecule has 5 heteroatoms. The second-order valence-corrected chi connectivity index (χ2v) is 3.46. The van der Waals surface area contributed by atoms with Crippen molar-refractivity contribution in [3.05, 3.63) is 28.0 Å². The highest BCUT2D eigenvalue weighted by Crippen LogP contribution is 2.25. The number of carbonyl (C=O) groups excluding carboxylic acids is 1. The Balaban J connectivity index is 3.29. The van der Waals surface area contributed by atoms with E-state index in [0.29, 0.717) is 4.47 Å². The summed E-state index contributed by atoms with van der Waals surface area (Å²) in [5.74, 6) is -1.10. The molecule has 76 valence electrons. The molecule has 1 aromatic rings. The van der Waals surface area contributed by atoms with Gasteiger partial charge in [-0.3, -0.25) is 4.79 Å².